The van der Waals surface area contributed by atoms with Crippen LogP contribution in [-0.2, 0) is 43.9 Å². The number of alkyl halides is 8. The first-order valence-electron chi connectivity index (χ1n) is 21.3. The molecule has 0 aromatic heterocycles. The minimum Gasteiger partial charge on any atom is -0.274 e. The minimum absolute atomic E-state index is 0.0950. The zero-order valence-corrected chi connectivity index (χ0v) is 38.1. The number of imide groups is 4. The van der Waals surface area contributed by atoms with Crippen LogP contribution < -0.4 is 0 Å². The zero-order chi connectivity index (χ0) is 50.5. The Morgan fingerprint density at radius 3 is 0.924 bits per heavy atom. The molecule has 66 heavy (non-hydrogen) atoms. The zero-order valence-electron chi connectivity index (χ0n) is 38.1. The Morgan fingerprint density at radius 1 is 0.379 bits per heavy atom. The molecule has 0 N–H and O–H groups in total. The summed E-state index contributed by atoms with van der Waals surface area (Å²) in [5.41, 5.74) is -0.701. The maximum atomic E-state index is 14.7. The third-order valence-electron chi connectivity index (χ3n) is 8.83. The van der Waals surface area contributed by atoms with E-state index in [4.69, 9.17) is 0 Å². The quantitative estimate of drug-likeness (QED) is 0.0794. The minimum atomic E-state index is -4.09. The van der Waals surface area contributed by atoms with Gasteiger partial charge in [-0.2, -0.15) is 35.1 Å². The number of hydrogen-bond donors (Lipinski definition) is 0. The van der Waals surface area contributed by atoms with Gasteiger partial charge in [-0.1, -0.05) is 177 Å². The molecule has 2 heterocycles. The van der Waals surface area contributed by atoms with Crippen molar-refractivity contribution < 1.29 is 63.9 Å². The number of barbiturate groups is 2. The van der Waals surface area contributed by atoms with E-state index in [2.05, 4.69) is 0 Å². The molecule has 2 aliphatic rings. The average molecular weight is 937 g/mol. The maximum Gasteiger partial charge on any atom is 0.342 e. The number of halogens is 8. The van der Waals surface area contributed by atoms with Crippen molar-refractivity contribution >= 4 is 35.7 Å². The van der Waals surface area contributed by atoms with Crippen LogP contribution in [0.3, 0.4) is 0 Å². The number of rotatable bonds is 12. The van der Waals surface area contributed by atoms with Gasteiger partial charge in [-0.15, -0.1) is 0 Å². The molecule has 0 unspecified atom stereocenters. The van der Waals surface area contributed by atoms with Gasteiger partial charge >= 0.3 is 24.2 Å². The van der Waals surface area contributed by atoms with Crippen LogP contribution in [0.1, 0.15) is 90.5 Å². The topological polar surface area (TPSA) is 115 Å². The van der Waals surface area contributed by atoms with Crippen LogP contribution in [-0.4, -0.2) is 80.5 Å². The first-order chi connectivity index (χ1) is 31.2. The number of urea groups is 2. The van der Waals surface area contributed by atoms with Crippen molar-refractivity contribution in [2.24, 2.45) is 0 Å². The van der Waals surface area contributed by atoms with Crippen LogP contribution in [0.2, 0.25) is 0 Å². The summed E-state index contributed by atoms with van der Waals surface area (Å²) < 4.78 is 117. The highest BCUT2D eigenvalue weighted by molar-refractivity contribution is 6.15. The number of amides is 8. The monoisotopic (exact) mass is 936 g/mol. The lowest BCUT2D eigenvalue weighted by Gasteiger charge is -2.39. The number of nitrogens with zero attached hydrogens (tertiary/aromatic N) is 4. The SMILES string of the molecule is CC.CC.CC.CC.O=C1CC(=O)N(C(F)(F)Cc2ccccc2)C(=O)N1C(F)(F)Cc1ccccc1.O=C1CC(=O)N(CC(F)(F)c2ccccc2)C(=O)N1CC(F)(F)c1ccccc1. The van der Waals surface area contributed by atoms with Gasteiger partial charge in [-0.25, -0.2) is 19.4 Å². The Bertz CT molecular complexity index is 2000. The summed E-state index contributed by atoms with van der Waals surface area (Å²) in [6, 6.07) is 15.7. The third kappa shape index (κ3) is 15.3. The second-order valence-electron chi connectivity index (χ2n) is 13.1. The van der Waals surface area contributed by atoms with E-state index in [0.717, 1.165) is 24.3 Å². The molecule has 8 amide bonds. The van der Waals surface area contributed by atoms with E-state index in [0.29, 0.717) is 0 Å². The molecule has 4 aromatic rings. The molecule has 360 valence electrons. The van der Waals surface area contributed by atoms with Crippen molar-refractivity contribution in [1.82, 2.24) is 19.6 Å². The van der Waals surface area contributed by atoms with Crippen LogP contribution in [0.25, 0.3) is 0 Å². The van der Waals surface area contributed by atoms with Gasteiger partial charge in [0.2, 0.25) is 23.6 Å². The van der Waals surface area contributed by atoms with E-state index >= 15 is 0 Å². The van der Waals surface area contributed by atoms with E-state index < -0.39 is 119 Å². The Morgan fingerprint density at radius 2 is 0.636 bits per heavy atom. The van der Waals surface area contributed by atoms with E-state index in [9.17, 15) is 63.9 Å². The lowest BCUT2D eigenvalue weighted by atomic mass is 10.1. The molecule has 0 saturated carbocycles. The van der Waals surface area contributed by atoms with Crippen molar-refractivity contribution in [1.29, 1.82) is 0 Å². The fraction of sp³-hybridized carbons (Fsp3) is 0.375. The molecule has 2 saturated heterocycles. The van der Waals surface area contributed by atoms with E-state index in [-0.39, 0.29) is 20.9 Å². The van der Waals surface area contributed by atoms with Crippen molar-refractivity contribution in [2.75, 3.05) is 13.1 Å². The number of carbonyl (C=O) groups excluding carboxylic acids is 6. The largest absolute Gasteiger partial charge is 0.342 e. The van der Waals surface area contributed by atoms with Gasteiger partial charge in [0, 0.05) is 11.1 Å². The maximum absolute atomic E-state index is 14.7. The standard InChI is InChI=1S/2C20H16F4N2O3.4C2H6/c21-19(22,14-7-3-1-4-8-14)12-25-16(27)11-17(28)26(18(25)29)13-20(23,24)15-9-5-2-6-10-15;21-19(22,12-14-7-3-1-4-8-14)25-16(27)11-17(28)26(18(25)29)20(23,24)13-15-9-5-2-6-10-15;4*1-2/h2*1-10H,11-13H2;4*1-2H3. The Hall–Kier alpha value is -6.46. The smallest absolute Gasteiger partial charge is 0.274 e. The summed E-state index contributed by atoms with van der Waals surface area (Å²) in [7, 11) is 0. The van der Waals surface area contributed by atoms with Crippen LogP contribution in [0.4, 0.5) is 44.7 Å². The van der Waals surface area contributed by atoms with Gasteiger partial charge in [-0.3, -0.25) is 29.0 Å². The van der Waals surface area contributed by atoms with Gasteiger partial charge in [0.25, 0.3) is 11.8 Å². The Labute approximate surface area is 380 Å². The fourth-order valence-electron chi connectivity index (χ4n) is 6.02. The Kier molecular flexibility index (Phi) is 23.1. The highest BCUT2D eigenvalue weighted by atomic mass is 19.3. The van der Waals surface area contributed by atoms with E-state index in [1.165, 1.54) is 84.9 Å². The number of benzene rings is 4. The normalized spacial score (nSPS) is 14.2. The van der Waals surface area contributed by atoms with Gasteiger partial charge < -0.3 is 0 Å². The lowest BCUT2D eigenvalue weighted by molar-refractivity contribution is -0.189. The van der Waals surface area contributed by atoms with Gasteiger partial charge in [0.05, 0.1) is 25.9 Å². The molecule has 0 atom stereocenters. The predicted octanol–water partition coefficient (Wildman–Crippen LogP) is 11.7. The molecule has 0 aliphatic carbocycles. The summed E-state index contributed by atoms with van der Waals surface area (Å²) in [5.74, 6) is -12.6. The summed E-state index contributed by atoms with van der Waals surface area (Å²) in [6.45, 7) is 13.3. The van der Waals surface area contributed by atoms with Crippen molar-refractivity contribution in [3.05, 3.63) is 144 Å². The Balaban J connectivity index is 0.000000574. The van der Waals surface area contributed by atoms with E-state index in [1.807, 2.05) is 55.4 Å². The summed E-state index contributed by atoms with van der Waals surface area (Å²) >= 11 is 0. The molecule has 4 aromatic carbocycles. The first-order valence-corrected chi connectivity index (χ1v) is 21.3. The fourth-order valence-corrected chi connectivity index (χ4v) is 6.02. The second-order valence-corrected chi connectivity index (χ2v) is 13.1. The summed E-state index contributed by atoms with van der Waals surface area (Å²) in [4.78, 5) is 72.3. The van der Waals surface area contributed by atoms with Crippen molar-refractivity contribution in [2.45, 2.75) is 105 Å². The molecule has 0 bridgehead atoms. The molecule has 0 radical (unpaired) electrons. The van der Waals surface area contributed by atoms with E-state index in [1.54, 1.807) is 12.1 Å². The van der Waals surface area contributed by atoms with Crippen LogP contribution in [0.5, 0.6) is 0 Å². The van der Waals surface area contributed by atoms with Crippen molar-refractivity contribution in [3.63, 3.8) is 0 Å². The highest BCUT2D eigenvalue weighted by Crippen LogP contribution is 2.36. The highest BCUT2D eigenvalue weighted by Gasteiger charge is 2.57. The molecule has 2 aliphatic heterocycles. The molecule has 6 rings (SSSR count). The third-order valence-corrected chi connectivity index (χ3v) is 8.83. The average Bonchev–Trinajstić information content (AvgIpc) is 3.30. The summed E-state index contributed by atoms with van der Waals surface area (Å²) in [5, 5.41) is 0. The molecule has 2 fully saturated rings. The number of carbonyl (C=O) groups is 6. The second kappa shape index (κ2) is 26.5. The summed E-state index contributed by atoms with van der Waals surface area (Å²) in [6.07, 6.45) is -4.31. The molecular formula is C48H56F8N4O6. The predicted molar refractivity (Wildman–Crippen MR) is 233 cm³/mol. The van der Waals surface area contributed by atoms with Gasteiger partial charge in [0.15, 0.2) is 0 Å². The van der Waals surface area contributed by atoms with Crippen molar-refractivity contribution in [3.8, 4) is 0 Å². The lowest BCUT2D eigenvalue weighted by Crippen LogP contribution is -2.65. The van der Waals surface area contributed by atoms with Gasteiger partial charge in [-0.05, 0) is 11.1 Å². The number of hydrogen-bond acceptors (Lipinski definition) is 6. The molecular weight excluding hydrogens is 881 g/mol. The van der Waals surface area contributed by atoms with Crippen LogP contribution in [0, 0.1) is 0 Å². The van der Waals surface area contributed by atoms with Crippen LogP contribution >= 0.6 is 0 Å². The molecule has 18 heteroatoms. The van der Waals surface area contributed by atoms with Crippen LogP contribution in [0.15, 0.2) is 121 Å². The van der Waals surface area contributed by atoms with Gasteiger partial charge in [0.1, 0.15) is 12.8 Å². The first kappa shape index (κ1) is 57.6. The molecule has 10 nitrogen and oxygen atoms in total. The molecule has 0 spiro atoms.